The molecule has 1 fully saturated rings. The summed E-state index contributed by atoms with van der Waals surface area (Å²) < 4.78 is 14.0. The Bertz CT molecular complexity index is 973. The molecule has 0 bridgehead atoms. The molecule has 144 valence electrons. The first-order valence-electron chi connectivity index (χ1n) is 9.22. The van der Waals surface area contributed by atoms with E-state index in [1.54, 1.807) is 6.07 Å². The van der Waals surface area contributed by atoms with Crippen LogP contribution in [0.3, 0.4) is 0 Å². The molecular weight excluding hydrogens is 377 g/mol. The minimum atomic E-state index is -0.186. The first kappa shape index (κ1) is 18.5. The van der Waals surface area contributed by atoms with Gasteiger partial charge in [-0.05, 0) is 31.2 Å². The van der Waals surface area contributed by atoms with Crippen molar-refractivity contribution >= 4 is 34.7 Å². The number of benzene rings is 2. The second kappa shape index (κ2) is 8.02. The highest BCUT2D eigenvalue weighted by atomic mass is 35.5. The van der Waals surface area contributed by atoms with Crippen molar-refractivity contribution in [2.24, 2.45) is 0 Å². The number of anilines is 4. The SMILES string of the molecule is Cc1cc(Nc2ccccc2Cl)nc(N2CCN(c3ccccc3F)CC2)n1. The first-order valence-corrected chi connectivity index (χ1v) is 9.59. The van der Waals surface area contributed by atoms with Crippen LogP contribution in [0.15, 0.2) is 54.6 Å². The van der Waals surface area contributed by atoms with Crippen molar-refractivity contribution in [3.8, 4) is 0 Å². The van der Waals surface area contributed by atoms with Gasteiger partial charge in [-0.15, -0.1) is 0 Å². The Morgan fingerprint density at radius 1 is 0.929 bits per heavy atom. The standard InChI is InChI=1S/C21H21ClFN5/c1-15-14-20(25-18-8-4-2-6-16(18)22)26-21(24-15)28-12-10-27(11-13-28)19-9-5-3-7-17(19)23/h2-9,14H,10-13H2,1H3,(H,24,25,26). The van der Waals surface area contributed by atoms with Crippen LogP contribution in [-0.4, -0.2) is 36.1 Å². The third kappa shape index (κ3) is 4.02. The van der Waals surface area contributed by atoms with E-state index in [-0.39, 0.29) is 5.82 Å². The summed E-state index contributed by atoms with van der Waals surface area (Å²) in [5.74, 6) is 1.18. The minimum Gasteiger partial charge on any atom is -0.366 e. The van der Waals surface area contributed by atoms with E-state index in [0.29, 0.717) is 35.6 Å². The van der Waals surface area contributed by atoms with Crippen molar-refractivity contribution < 1.29 is 4.39 Å². The Kier molecular flexibility index (Phi) is 5.30. The number of para-hydroxylation sites is 2. The van der Waals surface area contributed by atoms with Gasteiger partial charge in [0.15, 0.2) is 0 Å². The van der Waals surface area contributed by atoms with Crippen LogP contribution in [0, 0.1) is 12.7 Å². The summed E-state index contributed by atoms with van der Waals surface area (Å²) in [6.45, 7) is 4.82. The Morgan fingerprint density at radius 2 is 1.61 bits per heavy atom. The molecule has 0 unspecified atom stereocenters. The summed E-state index contributed by atoms with van der Waals surface area (Å²) in [5.41, 5.74) is 2.32. The van der Waals surface area contributed by atoms with E-state index in [1.807, 2.05) is 49.4 Å². The van der Waals surface area contributed by atoms with Gasteiger partial charge >= 0.3 is 0 Å². The van der Waals surface area contributed by atoms with Gasteiger partial charge in [0.1, 0.15) is 11.6 Å². The molecule has 0 amide bonds. The van der Waals surface area contributed by atoms with Crippen LogP contribution >= 0.6 is 11.6 Å². The highest BCUT2D eigenvalue weighted by molar-refractivity contribution is 6.33. The van der Waals surface area contributed by atoms with Gasteiger partial charge in [0.25, 0.3) is 0 Å². The molecule has 5 nitrogen and oxygen atoms in total. The summed E-state index contributed by atoms with van der Waals surface area (Å²) in [4.78, 5) is 13.4. The molecule has 7 heteroatoms. The molecule has 0 aliphatic carbocycles. The van der Waals surface area contributed by atoms with E-state index in [1.165, 1.54) is 6.07 Å². The molecule has 28 heavy (non-hydrogen) atoms. The number of halogens is 2. The van der Waals surface area contributed by atoms with Crippen LogP contribution in [0.1, 0.15) is 5.69 Å². The van der Waals surface area contributed by atoms with Gasteiger partial charge in [0, 0.05) is 37.9 Å². The lowest BCUT2D eigenvalue weighted by molar-refractivity contribution is 0.594. The minimum absolute atomic E-state index is 0.186. The van der Waals surface area contributed by atoms with Crippen LogP contribution in [0.5, 0.6) is 0 Å². The first-order chi connectivity index (χ1) is 13.6. The van der Waals surface area contributed by atoms with Crippen molar-refractivity contribution in [2.45, 2.75) is 6.92 Å². The van der Waals surface area contributed by atoms with Gasteiger partial charge in [-0.3, -0.25) is 0 Å². The average molecular weight is 398 g/mol. The van der Waals surface area contributed by atoms with E-state index < -0.39 is 0 Å². The molecule has 2 heterocycles. The summed E-state index contributed by atoms with van der Waals surface area (Å²) in [5, 5.41) is 3.90. The fourth-order valence-corrected chi connectivity index (χ4v) is 3.50. The molecule has 0 radical (unpaired) electrons. The van der Waals surface area contributed by atoms with Gasteiger partial charge in [-0.2, -0.15) is 4.98 Å². The lowest BCUT2D eigenvalue weighted by Crippen LogP contribution is -2.47. The van der Waals surface area contributed by atoms with Gasteiger partial charge in [0.05, 0.1) is 16.4 Å². The normalized spacial score (nSPS) is 14.2. The maximum atomic E-state index is 14.0. The molecular formula is C21H21ClFN5. The molecule has 0 saturated carbocycles. The molecule has 1 aromatic heterocycles. The topological polar surface area (TPSA) is 44.3 Å². The number of nitrogens with zero attached hydrogens (tertiary/aromatic N) is 4. The third-order valence-corrected chi connectivity index (χ3v) is 5.06. The van der Waals surface area contributed by atoms with E-state index in [9.17, 15) is 4.39 Å². The van der Waals surface area contributed by atoms with E-state index >= 15 is 0 Å². The zero-order valence-corrected chi connectivity index (χ0v) is 16.3. The second-order valence-corrected chi connectivity index (χ2v) is 7.13. The number of piperazine rings is 1. The summed E-state index contributed by atoms with van der Waals surface area (Å²) in [6.07, 6.45) is 0. The van der Waals surface area contributed by atoms with E-state index in [0.717, 1.165) is 24.5 Å². The molecule has 1 aliphatic heterocycles. The molecule has 1 saturated heterocycles. The van der Waals surface area contributed by atoms with E-state index in [2.05, 4.69) is 25.1 Å². The Labute approximate surface area is 168 Å². The number of aromatic nitrogens is 2. The van der Waals surface area contributed by atoms with Crippen LogP contribution in [-0.2, 0) is 0 Å². The van der Waals surface area contributed by atoms with Crippen LogP contribution in [0.4, 0.5) is 27.5 Å². The maximum absolute atomic E-state index is 14.0. The zero-order chi connectivity index (χ0) is 19.5. The summed E-state index contributed by atoms with van der Waals surface area (Å²) >= 11 is 6.24. The predicted molar refractivity (Wildman–Crippen MR) is 112 cm³/mol. The Balaban J connectivity index is 1.49. The predicted octanol–water partition coefficient (Wildman–Crippen LogP) is 4.65. The summed E-state index contributed by atoms with van der Waals surface area (Å²) in [6, 6.07) is 16.3. The van der Waals surface area contributed by atoms with Crippen molar-refractivity contribution in [1.82, 2.24) is 9.97 Å². The Morgan fingerprint density at radius 3 is 2.36 bits per heavy atom. The largest absolute Gasteiger partial charge is 0.366 e. The van der Waals surface area contributed by atoms with Crippen molar-refractivity contribution in [2.75, 3.05) is 41.3 Å². The van der Waals surface area contributed by atoms with Crippen molar-refractivity contribution in [3.05, 3.63) is 71.1 Å². The smallest absolute Gasteiger partial charge is 0.227 e. The van der Waals surface area contributed by atoms with Gasteiger partial charge in [-0.1, -0.05) is 35.9 Å². The average Bonchev–Trinajstić information content (AvgIpc) is 2.70. The lowest BCUT2D eigenvalue weighted by atomic mass is 10.2. The molecule has 1 aliphatic rings. The molecule has 0 atom stereocenters. The Hall–Kier alpha value is -2.86. The number of nitrogens with one attached hydrogen (secondary N) is 1. The highest BCUT2D eigenvalue weighted by Crippen LogP contribution is 2.26. The summed E-state index contributed by atoms with van der Waals surface area (Å²) in [7, 11) is 0. The fraction of sp³-hybridized carbons (Fsp3) is 0.238. The van der Waals surface area contributed by atoms with Crippen molar-refractivity contribution in [1.29, 1.82) is 0 Å². The highest BCUT2D eigenvalue weighted by Gasteiger charge is 2.21. The molecule has 0 spiro atoms. The molecule has 3 aromatic rings. The van der Waals surface area contributed by atoms with Crippen LogP contribution < -0.4 is 15.1 Å². The second-order valence-electron chi connectivity index (χ2n) is 6.72. The number of hydrogen-bond acceptors (Lipinski definition) is 5. The fourth-order valence-electron chi connectivity index (χ4n) is 3.31. The van der Waals surface area contributed by atoms with Crippen LogP contribution in [0.25, 0.3) is 0 Å². The quantitative estimate of drug-likeness (QED) is 0.694. The third-order valence-electron chi connectivity index (χ3n) is 4.73. The zero-order valence-electron chi connectivity index (χ0n) is 15.6. The van der Waals surface area contributed by atoms with Crippen LogP contribution in [0.2, 0.25) is 5.02 Å². The van der Waals surface area contributed by atoms with Gasteiger partial charge in [0.2, 0.25) is 5.95 Å². The maximum Gasteiger partial charge on any atom is 0.227 e. The number of rotatable bonds is 4. The number of aryl methyl sites for hydroxylation is 1. The van der Waals surface area contributed by atoms with Gasteiger partial charge < -0.3 is 15.1 Å². The van der Waals surface area contributed by atoms with Gasteiger partial charge in [-0.25, -0.2) is 9.37 Å². The monoisotopic (exact) mass is 397 g/mol. The van der Waals surface area contributed by atoms with E-state index in [4.69, 9.17) is 11.6 Å². The number of hydrogen-bond donors (Lipinski definition) is 1. The molecule has 4 rings (SSSR count). The van der Waals surface area contributed by atoms with Crippen molar-refractivity contribution in [3.63, 3.8) is 0 Å². The molecule has 2 aromatic carbocycles. The molecule has 1 N–H and O–H groups in total. The lowest BCUT2D eigenvalue weighted by Gasteiger charge is -2.36.